The van der Waals surface area contributed by atoms with Gasteiger partial charge in [-0.15, -0.1) is 5.10 Å². The molecule has 1 aromatic carbocycles. The van der Waals surface area contributed by atoms with Crippen molar-refractivity contribution in [3.63, 3.8) is 0 Å². The van der Waals surface area contributed by atoms with Crippen molar-refractivity contribution in [3.05, 3.63) is 52.6 Å². The first-order valence-corrected chi connectivity index (χ1v) is 13.0. The predicted molar refractivity (Wildman–Crippen MR) is 136 cm³/mol. The van der Waals surface area contributed by atoms with Crippen LogP contribution in [-0.2, 0) is 21.6 Å². The molecular formula is C27H29F6N5O2. The van der Waals surface area contributed by atoms with Crippen LogP contribution >= 0.6 is 0 Å². The zero-order valence-electron chi connectivity index (χ0n) is 22.2. The Labute approximate surface area is 226 Å². The number of nitrogens with zero attached hydrogens (tertiary/aromatic N) is 4. The van der Waals surface area contributed by atoms with E-state index in [1.54, 1.807) is 4.90 Å². The first kappa shape index (κ1) is 28.3. The van der Waals surface area contributed by atoms with E-state index < -0.39 is 41.8 Å². The molecule has 2 bridgehead atoms. The molecule has 0 amide bonds. The van der Waals surface area contributed by atoms with E-state index >= 15 is 4.39 Å². The van der Waals surface area contributed by atoms with Crippen LogP contribution in [0.15, 0.2) is 24.3 Å². The Morgan fingerprint density at radius 3 is 2.67 bits per heavy atom. The molecule has 3 saturated heterocycles. The number of morpholine rings is 1. The van der Waals surface area contributed by atoms with E-state index in [1.165, 1.54) is 32.0 Å². The Morgan fingerprint density at radius 1 is 1.18 bits per heavy atom. The standard InChI is InChI=1S/C27H29F6N5O2/c1-14(18-8-5-9-20(22(18)28)26(29,30)13-39-3)34-25-19-10-21(38-11-17-7-4-6-16(38)12-40-17)24(27(31,32)33)35-23(19)15(2)36-37-25/h5,8-10,14,16-17H,4,6-7,11-13H2,1-3H3,(H,34,37)/t14-,16?,17?/m1/s1. The SMILES string of the molecule is COCC(F)(F)c1cccc([C@@H](C)Nc2nnc(C)c3nc(C(F)(F)F)c(N4CC5CCCC4CO5)cc23)c1F. The van der Waals surface area contributed by atoms with E-state index in [2.05, 4.69) is 25.2 Å². The van der Waals surface area contributed by atoms with Crippen LogP contribution in [0, 0.1) is 12.7 Å². The van der Waals surface area contributed by atoms with Crippen molar-refractivity contribution < 1.29 is 35.8 Å². The maximum atomic E-state index is 15.3. The first-order valence-electron chi connectivity index (χ1n) is 13.0. The number of hydrogen-bond acceptors (Lipinski definition) is 7. The Hall–Kier alpha value is -3.19. The fourth-order valence-corrected chi connectivity index (χ4v) is 5.48. The van der Waals surface area contributed by atoms with Crippen LogP contribution in [0.5, 0.6) is 0 Å². The zero-order chi connectivity index (χ0) is 28.8. The fraction of sp³-hybridized carbons (Fsp3) is 0.519. The van der Waals surface area contributed by atoms with Crippen LogP contribution < -0.4 is 10.2 Å². The lowest BCUT2D eigenvalue weighted by molar-refractivity contribution is -0.140. The normalized spacial score (nSPS) is 20.6. The average molecular weight is 570 g/mol. The van der Waals surface area contributed by atoms with Gasteiger partial charge in [-0.25, -0.2) is 9.37 Å². The number of aryl methyl sites for hydroxylation is 1. The van der Waals surface area contributed by atoms with Crippen LogP contribution in [0.3, 0.4) is 0 Å². The molecule has 1 N–H and O–H groups in total. The number of nitrogens with one attached hydrogen (secondary N) is 1. The van der Waals surface area contributed by atoms with Gasteiger partial charge in [-0.05, 0) is 45.2 Å². The number of methoxy groups -OCH3 is 1. The van der Waals surface area contributed by atoms with Crippen molar-refractivity contribution >= 4 is 22.4 Å². The van der Waals surface area contributed by atoms with Gasteiger partial charge in [0.05, 0.1) is 47.3 Å². The molecule has 3 aliphatic heterocycles. The highest BCUT2D eigenvalue weighted by molar-refractivity contribution is 5.93. The monoisotopic (exact) mass is 569 g/mol. The fourth-order valence-electron chi connectivity index (χ4n) is 5.48. The Bertz CT molecular complexity index is 1400. The molecule has 216 valence electrons. The molecular weight excluding hydrogens is 540 g/mol. The smallest absolute Gasteiger partial charge is 0.378 e. The van der Waals surface area contributed by atoms with Gasteiger partial charge in [0.2, 0.25) is 0 Å². The van der Waals surface area contributed by atoms with Gasteiger partial charge < -0.3 is 19.7 Å². The maximum absolute atomic E-state index is 15.3. The molecule has 3 aromatic rings. The van der Waals surface area contributed by atoms with Crippen molar-refractivity contribution in [3.8, 4) is 0 Å². The second-order valence-corrected chi connectivity index (χ2v) is 10.3. The molecule has 0 spiro atoms. The van der Waals surface area contributed by atoms with Gasteiger partial charge in [0.1, 0.15) is 12.4 Å². The van der Waals surface area contributed by atoms with E-state index in [-0.39, 0.29) is 45.8 Å². The first-order chi connectivity index (χ1) is 18.9. The van der Waals surface area contributed by atoms with Gasteiger partial charge in [-0.1, -0.05) is 12.1 Å². The molecule has 2 unspecified atom stereocenters. The Morgan fingerprint density at radius 2 is 1.95 bits per heavy atom. The predicted octanol–water partition coefficient (Wildman–Crippen LogP) is 6.16. The van der Waals surface area contributed by atoms with E-state index in [0.717, 1.165) is 26.0 Å². The number of alkyl halides is 5. The lowest BCUT2D eigenvalue weighted by Gasteiger charge is -2.39. The van der Waals surface area contributed by atoms with E-state index in [0.29, 0.717) is 19.6 Å². The molecule has 0 aliphatic carbocycles. The summed E-state index contributed by atoms with van der Waals surface area (Å²) in [6.07, 6.45) is -2.62. The zero-order valence-corrected chi connectivity index (χ0v) is 22.2. The summed E-state index contributed by atoms with van der Waals surface area (Å²) in [7, 11) is 1.09. The summed E-state index contributed by atoms with van der Waals surface area (Å²) in [5.74, 6) is -4.62. The van der Waals surface area contributed by atoms with Crippen molar-refractivity contribution in [2.24, 2.45) is 0 Å². The van der Waals surface area contributed by atoms with Crippen LogP contribution in [0.4, 0.5) is 37.8 Å². The van der Waals surface area contributed by atoms with Crippen molar-refractivity contribution in [1.82, 2.24) is 15.2 Å². The van der Waals surface area contributed by atoms with E-state index in [9.17, 15) is 22.0 Å². The highest BCUT2D eigenvalue weighted by Crippen LogP contribution is 2.42. The quantitative estimate of drug-likeness (QED) is 0.342. The molecule has 3 atom stereocenters. The van der Waals surface area contributed by atoms with Gasteiger partial charge in [-0.3, -0.25) is 0 Å². The topological polar surface area (TPSA) is 72.4 Å². The number of ether oxygens (including phenoxy) is 2. The van der Waals surface area contributed by atoms with Crippen LogP contribution in [-0.4, -0.2) is 54.2 Å². The number of aromatic nitrogens is 3. The molecule has 5 heterocycles. The summed E-state index contributed by atoms with van der Waals surface area (Å²) in [5.41, 5.74) is -1.85. The van der Waals surface area contributed by atoms with Gasteiger partial charge in [-0.2, -0.15) is 27.1 Å². The van der Waals surface area contributed by atoms with Gasteiger partial charge in [0.15, 0.2) is 11.5 Å². The number of halogens is 6. The largest absolute Gasteiger partial charge is 0.435 e. The minimum absolute atomic E-state index is 0.0159. The number of rotatable bonds is 7. The Kier molecular flexibility index (Phi) is 7.55. The van der Waals surface area contributed by atoms with Crippen LogP contribution in [0.1, 0.15) is 54.7 Å². The summed E-state index contributed by atoms with van der Waals surface area (Å²) in [5, 5.41) is 11.3. The minimum Gasteiger partial charge on any atom is -0.378 e. The average Bonchev–Trinajstić information content (AvgIpc) is 3.25. The summed E-state index contributed by atoms with van der Waals surface area (Å²) >= 11 is 0. The highest BCUT2D eigenvalue weighted by Gasteiger charge is 2.42. The number of pyridine rings is 1. The molecule has 7 nitrogen and oxygen atoms in total. The number of benzene rings is 1. The third-order valence-corrected chi connectivity index (χ3v) is 7.48. The summed E-state index contributed by atoms with van der Waals surface area (Å²) in [4.78, 5) is 5.73. The minimum atomic E-state index is -4.73. The molecule has 0 radical (unpaired) electrons. The third-order valence-electron chi connectivity index (χ3n) is 7.48. The maximum Gasteiger partial charge on any atom is 0.435 e. The third kappa shape index (κ3) is 5.28. The molecule has 13 heteroatoms. The molecule has 0 saturated carbocycles. The van der Waals surface area contributed by atoms with Crippen LogP contribution in [0.25, 0.3) is 10.9 Å². The molecule has 3 fully saturated rings. The second kappa shape index (κ2) is 10.7. The number of hydrogen-bond donors (Lipinski definition) is 1. The lowest BCUT2D eigenvalue weighted by Crippen LogP contribution is -2.48. The molecule has 6 rings (SSSR count). The lowest BCUT2D eigenvalue weighted by atomic mass is 10.00. The van der Waals surface area contributed by atoms with Gasteiger partial charge in [0, 0.05) is 24.6 Å². The van der Waals surface area contributed by atoms with Gasteiger partial charge in [0.25, 0.3) is 5.92 Å². The van der Waals surface area contributed by atoms with Gasteiger partial charge >= 0.3 is 6.18 Å². The van der Waals surface area contributed by atoms with Crippen molar-refractivity contribution in [1.29, 1.82) is 0 Å². The van der Waals surface area contributed by atoms with Crippen LogP contribution in [0.2, 0.25) is 0 Å². The highest BCUT2D eigenvalue weighted by atomic mass is 19.4. The summed E-state index contributed by atoms with van der Waals surface area (Å²) < 4.78 is 97.4. The van der Waals surface area contributed by atoms with E-state index in [1.807, 2.05) is 0 Å². The Balaban J connectivity index is 1.58. The molecule has 3 aliphatic rings. The number of anilines is 2. The number of fused-ring (bicyclic) bond motifs is 5. The van der Waals surface area contributed by atoms with Crippen molar-refractivity contribution in [2.45, 2.75) is 63.4 Å². The second-order valence-electron chi connectivity index (χ2n) is 10.3. The summed E-state index contributed by atoms with van der Waals surface area (Å²) in [6.45, 7) is 2.65. The van der Waals surface area contributed by atoms with E-state index in [4.69, 9.17) is 4.74 Å². The molecule has 40 heavy (non-hydrogen) atoms. The van der Waals surface area contributed by atoms with Crippen molar-refractivity contribution in [2.75, 3.05) is 37.1 Å². The molecule has 2 aromatic heterocycles. The summed E-state index contributed by atoms with van der Waals surface area (Å²) in [6, 6.07) is 3.90.